The molecule has 128 valence electrons. The van der Waals surface area contributed by atoms with Crippen molar-refractivity contribution in [2.45, 2.75) is 39.3 Å². The van der Waals surface area contributed by atoms with Crippen LogP contribution in [-0.2, 0) is 6.54 Å². The Kier molecular flexibility index (Phi) is 4.66. The van der Waals surface area contributed by atoms with E-state index in [4.69, 9.17) is 5.73 Å². The highest BCUT2D eigenvalue weighted by Crippen LogP contribution is 2.23. The number of hydrogen-bond donors (Lipinski definition) is 1. The first-order valence-corrected chi connectivity index (χ1v) is 8.57. The lowest BCUT2D eigenvalue weighted by molar-refractivity contribution is 0.0564. The maximum Gasteiger partial charge on any atom is 0.278 e. The third-order valence-corrected chi connectivity index (χ3v) is 4.88. The van der Waals surface area contributed by atoms with Crippen LogP contribution in [0.4, 0.5) is 0 Å². The summed E-state index contributed by atoms with van der Waals surface area (Å²) in [4.78, 5) is 27.5. The number of benzene rings is 1. The van der Waals surface area contributed by atoms with Gasteiger partial charge in [0.25, 0.3) is 5.91 Å². The fourth-order valence-corrected chi connectivity index (χ4v) is 3.50. The van der Waals surface area contributed by atoms with E-state index in [0.717, 1.165) is 18.4 Å². The van der Waals surface area contributed by atoms with E-state index in [2.05, 4.69) is 12.0 Å². The van der Waals surface area contributed by atoms with E-state index in [1.807, 2.05) is 25.1 Å². The second-order valence-corrected chi connectivity index (χ2v) is 6.53. The van der Waals surface area contributed by atoms with Crippen molar-refractivity contribution < 1.29 is 4.79 Å². The Balaban J connectivity index is 2.07. The number of nitrogens with two attached hydrogens (primary N) is 1. The van der Waals surface area contributed by atoms with Crippen LogP contribution in [0.1, 0.15) is 37.2 Å². The number of fused-ring (bicyclic) bond motifs is 1. The normalized spacial score (nSPS) is 21.2. The number of hydrogen-bond acceptors (Lipinski definition) is 4. The summed E-state index contributed by atoms with van der Waals surface area (Å²) in [5, 5.41) is 4.89. The molecule has 2 atom stereocenters. The molecule has 0 aliphatic carbocycles. The second kappa shape index (κ2) is 6.73. The molecule has 1 aromatic carbocycles. The molecule has 3 rings (SSSR count). The highest BCUT2D eigenvalue weighted by molar-refractivity contribution is 5.95. The van der Waals surface area contributed by atoms with Crippen LogP contribution < -0.4 is 11.2 Å². The van der Waals surface area contributed by atoms with Gasteiger partial charge in [0.05, 0.1) is 5.52 Å². The smallest absolute Gasteiger partial charge is 0.278 e. The minimum Gasteiger partial charge on any atom is -0.333 e. The quantitative estimate of drug-likeness (QED) is 0.928. The first-order chi connectivity index (χ1) is 11.6. The van der Waals surface area contributed by atoms with Gasteiger partial charge in [0.1, 0.15) is 0 Å². The van der Waals surface area contributed by atoms with Crippen LogP contribution in [0.15, 0.2) is 29.1 Å². The van der Waals surface area contributed by atoms with Crippen molar-refractivity contribution in [2.24, 2.45) is 11.7 Å². The van der Waals surface area contributed by atoms with Gasteiger partial charge in [0.2, 0.25) is 5.43 Å². The third kappa shape index (κ3) is 2.82. The summed E-state index contributed by atoms with van der Waals surface area (Å²) in [5.41, 5.74) is 6.32. The average molecular weight is 328 g/mol. The molecule has 1 amide bonds. The van der Waals surface area contributed by atoms with Crippen molar-refractivity contribution in [1.82, 2.24) is 14.7 Å². The molecular formula is C18H24N4O2. The Bertz CT molecular complexity index is 814. The van der Waals surface area contributed by atoms with Crippen LogP contribution in [0.25, 0.3) is 10.9 Å². The molecule has 6 heteroatoms. The summed E-state index contributed by atoms with van der Waals surface area (Å²) < 4.78 is 1.72. The van der Waals surface area contributed by atoms with Crippen LogP contribution in [0.2, 0.25) is 0 Å². The zero-order chi connectivity index (χ0) is 17.3. The van der Waals surface area contributed by atoms with Gasteiger partial charge in [0.15, 0.2) is 5.69 Å². The number of amides is 1. The van der Waals surface area contributed by atoms with E-state index in [-0.39, 0.29) is 23.1 Å². The summed E-state index contributed by atoms with van der Waals surface area (Å²) in [6.45, 7) is 5.75. The first kappa shape index (κ1) is 16.6. The van der Waals surface area contributed by atoms with E-state index in [0.29, 0.717) is 30.9 Å². The van der Waals surface area contributed by atoms with Crippen LogP contribution in [0, 0.1) is 5.92 Å². The van der Waals surface area contributed by atoms with Gasteiger partial charge in [-0.15, -0.1) is 0 Å². The van der Waals surface area contributed by atoms with Crippen LogP contribution in [0.3, 0.4) is 0 Å². The number of para-hydroxylation sites is 1. The Morgan fingerprint density at radius 2 is 2.12 bits per heavy atom. The molecule has 2 aromatic rings. The SMILES string of the molecule is CCn1nc(C(=O)N2CCC(C)CC2CN)c(=O)c2ccccc21. The van der Waals surface area contributed by atoms with Gasteiger partial charge >= 0.3 is 0 Å². The highest BCUT2D eigenvalue weighted by atomic mass is 16.2. The number of carbonyl (C=O) groups excluding carboxylic acids is 1. The molecule has 0 saturated carbocycles. The largest absolute Gasteiger partial charge is 0.333 e. The van der Waals surface area contributed by atoms with Gasteiger partial charge in [0, 0.05) is 31.1 Å². The predicted molar refractivity (Wildman–Crippen MR) is 94.0 cm³/mol. The molecule has 2 unspecified atom stereocenters. The summed E-state index contributed by atoms with van der Waals surface area (Å²) in [7, 11) is 0. The fourth-order valence-electron chi connectivity index (χ4n) is 3.50. The standard InChI is InChI=1S/C18H24N4O2/c1-3-22-15-7-5-4-6-14(15)17(23)16(20-22)18(24)21-9-8-12(2)10-13(21)11-19/h4-7,12-13H,3,8-11,19H2,1-2H3. The first-order valence-electron chi connectivity index (χ1n) is 8.57. The van der Waals surface area contributed by atoms with E-state index in [9.17, 15) is 9.59 Å². The molecule has 6 nitrogen and oxygen atoms in total. The molecule has 2 N–H and O–H groups in total. The molecule has 2 heterocycles. The maximum atomic E-state index is 13.0. The van der Waals surface area contributed by atoms with E-state index in [1.54, 1.807) is 15.6 Å². The molecular weight excluding hydrogens is 304 g/mol. The number of rotatable bonds is 3. The molecule has 1 aliphatic rings. The van der Waals surface area contributed by atoms with Gasteiger partial charge in [-0.2, -0.15) is 5.10 Å². The van der Waals surface area contributed by atoms with E-state index in [1.165, 1.54) is 0 Å². The van der Waals surface area contributed by atoms with E-state index < -0.39 is 0 Å². The van der Waals surface area contributed by atoms with Crippen molar-refractivity contribution in [1.29, 1.82) is 0 Å². The second-order valence-electron chi connectivity index (χ2n) is 6.53. The number of piperidine rings is 1. The van der Waals surface area contributed by atoms with Crippen molar-refractivity contribution in [3.05, 3.63) is 40.2 Å². The zero-order valence-electron chi connectivity index (χ0n) is 14.2. The molecule has 1 fully saturated rings. The molecule has 1 saturated heterocycles. The molecule has 1 aromatic heterocycles. The molecule has 0 spiro atoms. The van der Waals surface area contributed by atoms with Crippen molar-refractivity contribution in [3.8, 4) is 0 Å². The number of aromatic nitrogens is 2. The van der Waals surface area contributed by atoms with Crippen LogP contribution in [0.5, 0.6) is 0 Å². The van der Waals surface area contributed by atoms with Gasteiger partial charge < -0.3 is 10.6 Å². The third-order valence-electron chi connectivity index (χ3n) is 4.88. The van der Waals surface area contributed by atoms with Crippen molar-refractivity contribution >= 4 is 16.8 Å². The lowest BCUT2D eigenvalue weighted by Gasteiger charge is -2.37. The minimum atomic E-state index is -0.297. The van der Waals surface area contributed by atoms with Gasteiger partial charge in [-0.1, -0.05) is 19.1 Å². The lowest BCUT2D eigenvalue weighted by atomic mass is 9.92. The van der Waals surface area contributed by atoms with E-state index >= 15 is 0 Å². The van der Waals surface area contributed by atoms with Crippen LogP contribution >= 0.6 is 0 Å². The topological polar surface area (TPSA) is 81.2 Å². The van der Waals surface area contributed by atoms with Crippen molar-refractivity contribution in [2.75, 3.05) is 13.1 Å². The maximum absolute atomic E-state index is 13.0. The monoisotopic (exact) mass is 328 g/mol. The Hall–Kier alpha value is -2.21. The number of carbonyl (C=O) groups is 1. The Morgan fingerprint density at radius 3 is 2.83 bits per heavy atom. The fraction of sp³-hybridized carbons (Fsp3) is 0.500. The zero-order valence-corrected chi connectivity index (χ0v) is 14.2. The summed E-state index contributed by atoms with van der Waals surface area (Å²) in [6, 6.07) is 7.26. The average Bonchev–Trinajstić information content (AvgIpc) is 2.61. The van der Waals surface area contributed by atoms with Gasteiger partial charge in [-0.3, -0.25) is 14.3 Å². The Labute approximate surface area is 141 Å². The lowest BCUT2D eigenvalue weighted by Crippen LogP contribution is -2.50. The van der Waals surface area contributed by atoms with Gasteiger partial charge in [-0.25, -0.2) is 0 Å². The number of likely N-dealkylation sites (tertiary alicyclic amines) is 1. The number of nitrogens with zero attached hydrogens (tertiary/aromatic N) is 3. The number of aryl methyl sites for hydroxylation is 1. The molecule has 1 aliphatic heterocycles. The minimum absolute atomic E-state index is 0.00329. The summed E-state index contributed by atoms with van der Waals surface area (Å²) >= 11 is 0. The van der Waals surface area contributed by atoms with Gasteiger partial charge in [-0.05, 0) is 37.8 Å². The molecule has 0 radical (unpaired) electrons. The molecule has 24 heavy (non-hydrogen) atoms. The van der Waals surface area contributed by atoms with Crippen LogP contribution in [-0.4, -0.2) is 39.7 Å². The summed E-state index contributed by atoms with van der Waals surface area (Å²) in [6.07, 6.45) is 1.80. The summed E-state index contributed by atoms with van der Waals surface area (Å²) in [5.74, 6) is 0.245. The Morgan fingerprint density at radius 1 is 1.38 bits per heavy atom. The van der Waals surface area contributed by atoms with Crippen molar-refractivity contribution in [3.63, 3.8) is 0 Å². The highest BCUT2D eigenvalue weighted by Gasteiger charge is 2.32. The molecule has 0 bridgehead atoms. The predicted octanol–water partition coefficient (Wildman–Crippen LogP) is 1.62.